The highest BCUT2D eigenvalue weighted by Gasteiger charge is 2.01. The van der Waals surface area contributed by atoms with Crippen LogP contribution in [0.4, 0.5) is 0 Å². The SMILES string of the molecule is COc1ccc(-c2cnc3ccc(C)cc3c2)cc1. The molecule has 0 bridgehead atoms. The number of pyridine rings is 1. The quantitative estimate of drug-likeness (QED) is 0.678. The van der Waals surface area contributed by atoms with Gasteiger partial charge in [0.05, 0.1) is 12.6 Å². The molecule has 2 aromatic carbocycles. The number of benzene rings is 2. The highest BCUT2D eigenvalue weighted by Crippen LogP contribution is 2.25. The summed E-state index contributed by atoms with van der Waals surface area (Å²) in [6.07, 6.45) is 1.92. The van der Waals surface area contributed by atoms with Gasteiger partial charge in [0.2, 0.25) is 0 Å². The minimum absolute atomic E-state index is 0.869. The topological polar surface area (TPSA) is 22.1 Å². The summed E-state index contributed by atoms with van der Waals surface area (Å²) >= 11 is 0. The number of hydrogen-bond acceptors (Lipinski definition) is 2. The summed E-state index contributed by atoms with van der Waals surface area (Å²) in [5, 5.41) is 1.17. The third-order valence-electron chi connectivity index (χ3n) is 3.26. The van der Waals surface area contributed by atoms with Crippen LogP contribution in [0.1, 0.15) is 5.56 Å². The Hall–Kier alpha value is -2.35. The zero-order valence-electron chi connectivity index (χ0n) is 11.1. The molecule has 0 fully saturated rings. The molecule has 3 aromatic rings. The maximum Gasteiger partial charge on any atom is 0.118 e. The first-order valence-corrected chi connectivity index (χ1v) is 6.27. The molecule has 19 heavy (non-hydrogen) atoms. The zero-order valence-corrected chi connectivity index (χ0v) is 11.1. The average molecular weight is 249 g/mol. The number of hydrogen-bond donors (Lipinski definition) is 0. The van der Waals surface area contributed by atoms with E-state index in [1.54, 1.807) is 7.11 Å². The number of nitrogens with zero attached hydrogens (tertiary/aromatic N) is 1. The normalized spacial score (nSPS) is 10.6. The number of aryl methyl sites for hydroxylation is 1. The van der Waals surface area contributed by atoms with Crippen LogP contribution in [0.25, 0.3) is 22.0 Å². The van der Waals surface area contributed by atoms with Crippen LogP contribution < -0.4 is 4.74 Å². The number of methoxy groups -OCH3 is 1. The van der Waals surface area contributed by atoms with Gasteiger partial charge in [-0.1, -0.05) is 23.8 Å². The van der Waals surface area contributed by atoms with Crippen LogP contribution in [0.2, 0.25) is 0 Å². The molecule has 94 valence electrons. The van der Waals surface area contributed by atoms with Crippen molar-refractivity contribution in [3.05, 3.63) is 60.3 Å². The van der Waals surface area contributed by atoms with E-state index in [-0.39, 0.29) is 0 Å². The third-order valence-corrected chi connectivity index (χ3v) is 3.26. The fraction of sp³-hybridized carbons (Fsp3) is 0.118. The van der Waals surface area contributed by atoms with Crippen molar-refractivity contribution in [3.8, 4) is 16.9 Å². The molecule has 2 nitrogen and oxygen atoms in total. The summed E-state index contributed by atoms with van der Waals surface area (Å²) < 4.78 is 5.18. The molecule has 1 heterocycles. The molecule has 0 N–H and O–H groups in total. The van der Waals surface area contributed by atoms with Gasteiger partial charge in [0.25, 0.3) is 0 Å². The van der Waals surface area contributed by atoms with Crippen LogP contribution in [0.3, 0.4) is 0 Å². The maximum atomic E-state index is 5.18. The predicted octanol–water partition coefficient (Wildman–Crippen LogP) is 4.22. The summed E-state index contributed by atoms with van der Waals surface area (Å²) in [6, 6.07) is 16.5. The van der Waals surface area contributed by atoms with Gasteiger partial charge in [-0.15, -0.1) is 0 Å². The Labute approximate surface area is 112 Å². The van der Waals surface area contributed by atoms with Crippen molar-refractivity contribution >= 4 is 10.9 Å². The lowest BCUT2D eigenvalue weighted by Gasteiger charge is -2.05. The highest BCUT2D eigenvalue weighted by molar-refractivity contribution is 5.84. The molecule has 0 amide bonds. The summed E-state index contributed by atoms with van der Waals surface area (Å²) in [7, 11) is 1.68. The van der Waals surface area contributed by atoms with Gasteiger partial charge in [0.15, 0.2) is 0 Å². The van der Waals surface area contributed by atoms with Crippen LogP contribution in [-0.2, 0) is 0 Å². The highest BCUT2D eigenvalue weighted by atomic mass is 16.5. The second-order valence-electron chi connectivity index (χ2n) is 4.65. The van der Waals surface area contributed by atoms with Gasteiger partial charge in [0.1, 0.15) is 5.75 Å². The van der Waals surface area contributed by atoms with E-state index in [0.717, 1.165) is 22.4 Å². The molecule has 0 atom stereocenters. The van der Waals surface area contributed by atoms with Crippen molar-refractivity contribution in [3.63, 3.8) is 0 Å². The number of ether oxygens (including phenoxy) is 1. The fourth-order valence-corrected chi connectivity index (χ4v) is 2.19. The van der Waals surface area contributed by atoms with Crippen LogP contribution in [0.15, 0.2) is 54.7 Å². The monoisotopic (exact) mass is 249 g/mol. The number of fused-ring (bicyclic) bond motifs is 1. The lowest BCUT2D eigenvalue weighted by atomic mass is 10.0. The molecular weight excluding hydrogens is 234 g/mol. The van der Waals surface area contributed by atoms with E-state index in [9.17, 15) is 0 Å². The minimum atomic E-state index is 0.869. The first-order chi connectivity index (χ1) is 9.26. The predicted molar refractivity (Wildman–Crippen MR) is 78.5 cm³/mol. The van der Waals surface area contributed by atoms with E-state index in [1.807, 2.05) is 18.3 Å². The Morgan fingerprint density at radius 1 is 0.895 bits per heavy atom. The van der Waals surface area contributed by atoms with Crippen LogP contribution in [-0.4, -0.2) is 12.1 Å². The zero-order chi connectivity index (χ0) is 13.2. The van der Waals surface area contributed by atoms with Crippen molar-refractivity contribution < 1.29 is 4.74 Å². The summed E-state index contributed by atoms with van der Waals surface area (Å²) in [5.74, 6) is 0.869. The Morgan fingerprint density at radius 2 is 1.68 bits per heavy atom. The smallest absolute Gasteiger partial charge is 0.118 e. The third kappa shape index (κ3) is 2.29. The molecule has 0 aliphatic rings. The lowest BCUT2D eigenvalue weighted by molar-refractivity contribution is 0.415. The second kappa shape index (κ2) is 4.73. The molecule has 2 heteroatoms. The van der Waals surface area contributed by atoms with E-state index in [0.29, 0.717) is 0 Å². The summed E-state index contributed by atoms with van der Waals surface area (Å²) in [6.45, 7) is 2.10. The van der Waals surface area contributed by atoms with Crippen molar-refractivity contribution in [2.45, 2.75) is 6.92 Å². The molecule has 0 saturated heterocycles. The van der Waals surface area contributed by atoms with Gasteiger partial charge < -0.3 is 4.74 Å². The van der Waals surface area contributed by atoms with Gasteiger partial charge in [-0.3, -0.25) is 4.98 Å². The minimum Gasteiger partial charge on any atom is -0.497 e. The van der Waals surface area contributed by atoms with E-state index < -0.39 is 0 Å². The summed E-state index contributed by atoms with van der Waals surface area (Å²) in [5.41, 5.74) is 4.56. The van der Waals surface area contributed by atoms with Crippen LogP contribution in [0, 0.1) is 6.92 Å². The molecule has 3 rings (SSSR count). The van der Waals surface area contributed by atoms with Gasteiger partial charge in [-0.2, -0.15) is 0 Å². The van der Waals surface area contributed by atoms with Crippen molar-refractivity contribution in [1.29, 1.82) is 0 Å². The Morgan fingerprint density at radius 3 is 2.42 bits per heavy atom. The van der Waals surface area contributed by atoms with Gasteiger partial charge >= 0.3 is 0 Å². The largest absolute Gasteiger partial charge is 0.497 e. The average Bonchev–Trinajstić information content (AvgIpc) is 2.46. The summed E-state index contributed by atoms with van der Waals surface area (Å²) in [4.78, 5) is 4.51. The maximum absolute atomic E-state index is 5.18. The van der Waals surface area contributed by atoms with E-state index in [1.165, 1.54) is 10.9 Å². The molecule has 0 radical (unpaired) electrons. The Bertz CT molecular complexity index is 717. The Balaban J connectivity index is 2.08. The standard InChI is InChI=1S/C17H15NO/c1-12-3-8-17-14(9-12)10-15(11-18-17)13-4-6-16(19-2)7-5-13/h3-11H,1-2H3. The second-order valence-corrected chi connectivity index (χ2v) is 4.65. The van der Waals surface area contributed by atoms with Crippen LogP contribution in [0.5, 0.6) is 5.75 Å². The first kappa shape index (κ1) is 11.7. The van der Waals surface area contributed by atoms with Crippen LogP contribution >= 0.6 is 0 Å². The van der Waals surface area contributed by atoms with E-state index in [4.69, 9.17) is 4.74 Å². The van der Waals surface area contributed by atoms with Gasteiger partial charge in [-0.25, -0.2) is 0 Å². The Kier molecular flexibility index (Phi) is 2.92. The van der Waals surface area contributed by atoms with Crippen molar-refractivity contribution in [2.75, 3.05) is 7.11 Å². The lowest BCUT2D eigenvalue weighted by Crippen LogP contribution is -1.85. The molecule has 0 aliphatic carbocycles. The molecule has 0 aliphatic heterocycles. The number of aromatic nitrogens is 1. The molecule has 0 spiro atoms. The van der Waals surface area contributed by atoms with E-state index in [2.05, 4.69) is 48.3 Å². The molecule has 0 saturated carbocycles. The van der Waals surface area contributed by atoms with Gasteiger partial charge in [-0.05, 0) is 42.8 Å². The van der Waals surface area contributed by atoms with E-state index >= 15 is 0 Å². The van der Waals surface area contributed by atoms with Crippen molar-refractivity contribution in [1.82, 2.24) is 4.98 Å². The van der Waals surface area contributed by atoms with Gasteiger partial charge in [0, 0.05) is 17.1 Å². The van der Waals surface area contributed by atoms with Crippen molar-refractivity contribution in [2.24, 2.45) is 0 Å². The molecule has 1 aromatic heterocycles. The fourth-order valence-electron chi connectivity index (χ4n) is 2.19. The molecular formula is C17H15NO. The molecule has 0 unspecified atom stereocenters. The first-order valence-electron chi connectivity index (χ1n) is 6.27. The number of rotatable bonds is 2.